The highest BCUT2D eigenvalue weighted by Gasteiger charge is 2.98. The van der Waals surface area contributed by atoms with Crippen molar-refractivity contribution in [1.29, 1.82) is 0 Å². The molecule has 0 atom stereocenters. The monoisotopic (exact) mass is 1300 g/mol. The van der Waals surface area contributed by atoms with Gasteiger partial charge in [-0.05, 0) is 45.2 Å². The molecule has 63 heavy (non-hydrogen) atoms. The first kappa shape index (κ1) is 59.7. The third-order valence-electron chi connectivity index (χ3n) is 7.34. The minimum atomic E-state index is -9.64. The maximum Gasteiger partial charge on any atom is 0.460 e. The number of alkyl halides is 34. The molecule has 0 spiro atoms. The van der Waals surface area contributed by atoms with Gasteiger partial charge in [0.15, 0.2) is 0 Å². The Morgan fingerprint density at radius 1 is 0.270 bits per heavy atom. The third-order valence-corrected chi connectivity index (χ3v) is 15.4. The van der Waals surface area contributed by atoms with Crippen molar-refractivity contribution in [3.8, 4) is 0 Å². The highest BCUT2D eigenvalue weighted by Crippen LogP contribution is 2.67. The number of rotatable bonds is 16. The van der Waals surface area contributed by atoms with Crippen molar-refractivity contribution < 1.29 is 166 Å². The van der Waals surface area contributed by atoms with Crippen LogP contribution in [0.4, 0.5) is 149 Å². The Morgan fingerprint density at radius 3 is 0.571 bits per heavy atom. The van der Waals surface area contributed by atoms with Gasteiger partial charge in [0.1, 0.15) is 9.79 Å². The van der Waals surface area contributed by atoms with E-state index in [-0.39, 0.29) is 45.2 Å². The van der Waals surface area contributed by atoms with Crippen LogP contribution < -0.4 is 0 Å². The molecule has 0 aliphatic rings. The molecule has 1 aromatic rings. The van der Waals surface area contributed by atoms with E-state index < -0.39 is 141 Å². The predicted molar refractivity (Wildman–Crippen MR) is 145 cm³/mol. The molecule has 0 saturated heterocycles. The van der Waals surface area contributed by atoms with Crippen molar-refractivity contribution >= 4 is 76.2 Å². The average Bonchev–Trinajstić information content (AvgIpc) is 3.36. The van der Waals surface area contributed by atoms with E-state index >= 15 is 0 Å². The van der Waals surface area contributed by atoms with Gasteiger partial charge in [-0.2, -0.15) is 149 Å². The van der Waals surface area contributed by atoms with E-state index in [4.69, 9.17) is 0 Å². The summed E-state index contributed by atoms with van der Waals surface area (Å²) in [5.41, 5.74) is 0. The van der Waals surface area contributed by atoms with Crippen molar-refractivity contribution in [2.75, 3.05) is 0 Å². The first-order chi connectivity index (χ1) is 26.5. The van der Waals surface area contributed by atoms with E-state index in [1.165, 1.54) is 0 Å². The molecule has 0 saturated carbocycles. The number of halogens is 36. The van der Waals surface area contributed by atoms with Gasteiger partial charge >= 0.3 is 93.9 Å². The lowest BCUT2D eigenvalue weighted by atomic mass is 9.91. The number of sulfone groups is 2. The minimum absolute atomic E-state index is 0.271. The molecule has 0 radical (unpaired) electrons. The number of hydrogen-bond donors (Lipinski definition) is 0. The zero-order valence-corrected chi connectivity index (χ0v) is 33.2. The Balaban J connectivity index is 4.34. The zero-order valence-electron chi connectivity index (χ0n) is 26.5. The Bertz CT molecular complexity index is 2000. The van der Waals surface area contributed by atoms with Crippen molar-refractivity contribution in [3.05, 3.63) is 5.77 Å². The van der Waals surface area contributed by atoms with E-state index in [1.54, 1.807) is 0 Å². The molecule has 0 N–H and O–H groups in total. The summed E-state index contributed by atoms with van der Waals surface area (Å²) in [6.45, 7) is 0. The maximum absolute atomic E-state index is 14.9. The first-order valence-corrected chi connectivity index (χ1v) is 18.9. The van der Waals surface area contributed by atoms with Gasteiger partial charge in [0.05, 0.1) is 5.77 Å². The highest BCUT2D eigenvalue weighted by atomic mass is 127. The van der Waals surface area contributed by atoms with Crippen LogP contribution in [0, 0.1) is 5.77 Å². The molecular weight excluding hydrogens is 1300 g/mol. The number of thiophene rings is 1. The third kappa shape index (κ3) is 7.17. The molecule has 0 aliphatic carbocycles. The fourth-order valence-corrected chi connectivity index (χ4v) is 13.7. The van der Waals surface area contributed by atoms with Crippen molar-refractivity contribution in [3.63, 3.8) is 0 Å². The largest absolute Gasteiger partial charge is 0.460 e. The Hall–Kier alpha value is -1.32. The van der Waals surface area contributed by atoms with Crippen LogP contribution >= 0.6 is 56.5 Å². The van der Waals surface area contributed by atoms with E-state index in [2.05, 4.69) is 0 Å². The lowest BCUT2D eigenvalue weighted by Gasteiger charge is -2.42. The average molecular weight is 1300 g/mol. The molecule has 0 aromatic carbocycles. The van der Waals surface area contributed by atoms with E-state index in [0.717, 1.165) is 0 Å². The second-order valence-corrected chi connectivity index (χ2v) is 19.7. The lowest BCUT2D eigenvalue weighted by molar-refractivity contribution is -0.458. The highest BCUT2D eigenvalue weighted by molar-refractivity contribution is 14.1. The topological polar surface area (TPSA) is 68.3 Å². The summed E-state index contributed by atoms with van der Waals surface area (Å²) in [5, 5.41) is -18.0. The van der Waals surface area contributed by atoms with Crippen molar-refractivity contribution in [1.82, 2.24) is 0 Å². The molecule has 374 valence electrons. The zero-order chi connectivity index (χ0) is 52.0. The summed E-state index contributed by atoms with van der Waals surface area (Å²) in [6, 6.07) is 0. The quantitative estimate of drug-likeness (QED) is 0.122. The van der Waals surface area contributed by atoms with Gasteiger partial charge in [-0.3, -0.25) is 0 Å². The van der Waals surface area contributed by atoms with Crippen LogP contribution in [0.5, 0.6) is 0 Å². The van der Waals surface area contributed by atoms with E-state index in [0.29, 0.717) is 0 Å². The fraction of sp³-hybridized carbons (Fsp3) is 0.800. The summed E-state index contributed by atoms with van der Waals surface area (Å²) in [5.74, 6) is -113. The van der Waals surface area contributed by atoms with Gasteiger partial charge in [-0.25, -0.2) is 16.8 Å². The molecule has 1 rings (SSSR count). The second kappa shape index (κ2) is 15.1. The van der Waals surface area contributed by atoms with Crippen molar-refractivity contribution in [2.45, 2.75) is 104 Å². The normalized spacial score (nSPS) is 16.8. The molecular formula is C20F34I2O4S3. The summed E-state index contributed by atoms with van der Waals surface area (Å²) in [4.78, 5) is -8.37. The van der Waals surface area contributed by atoms with Crippen LogP contribution in [0.3, 0.4) is 0 Å². The van der Waals surface area contributed by atoms with Gasteiger partial charge in [-0.1, -0.05) is 0 Å². The summed E-state index contributed by atoms with van der Waals surface area (Å²) in [7, 11) is -18.6. The molecule has 1 aromatic heterocycles. The second-order valence-electron chi connectivity index (χ2n) is 11.2. The molecule has 0 aliphatic heterocycles. The molecule has 4 nitrogen and oxygen atoms in total. The molecule has 0 amide bonds. The maximum atomic E-state index is 14.9. The van der Waals surface area contributed by atoms with Gasteiger partial charge in [-0.15, -0.1) is 11.3 Å². The van der Waals surface area contributed by atoms with Gasteiger partial charge in [0, 0.05) is 0 Å². The summed E-state index contributed by atoms with van der Waals surface area (Å²) >= 11 is -1.92. The molecule has 1 heterocycles. The number of hydrogen-bond acceptors (Lipinski definition) is 5. The standard InChI is InChI=1S/C20F34I2O4S3/c21-5(22,9(29,30)13(37,38)17(45,46)47)7(25,26)11(33,34)15(41,42)19(51,52)62(57,58)1-2(4(56)61-3(1)55)63(59,60)20(53,54)16(43,44)12(35,36)8(27,28)6(23,24)10(31,32)14(39,40)18(48,49)50. The SMILES string of the molecule is O=S(=O)(c1c(I)sc(I)c1S(=O)(=O)C(F)(F)C(F)(F)C(F)(F)C(F)(F)C(F)(F)C(F)(F)C(F)(F)C(F)(F)F)C(F)(F)C(F)(F)C(F)(F)C(F)(F)C(F)(F)C(F)(F)C(F)(F)C(F)(F)F. The minimum Gasteiger partial charge on any atom is -0.217 e. The predicted octanol–water partition coefficient (Wildman–Crippen LogP) is 12.4. The molecule has 0 bridgehead atoms. The van der Waals surface area contributed by atoms with Crippen LogP contribution in [0.15, 0.2) is 9.79 Å². The molecule has 0 unspecified atom stereocenters. The van der Waals surface area contributed by atoms with Gasteiger partial charge in [0.25, 0.3) is 19.7 Å². The first-order valence-electron chi connectivity index (χ1n) is 12.9. The fourth-order valence-electron chi connectivity index (χ4n) is 3.70. The van der Waals surface area contributed by atoms with Crippen molar-refractivity contribution in [2.24, 2.45) is 0 Å². The van der Waals surface area contributed by atoms with Crippen LogP contribution in [-0.2, 0) is 19.7 Å². The van der Waals surface area contributed by atoms with Crippen LogP contribution in [-0.4, -0.2) is 111 Å². The Kier molecular flexibility index (Phi) is 14.3. The van der Waals surface area contributed by atoms with Crippen LogP contribution in [0.1, 0.15) is 0 Å². The van der Waals surface area contributed by atoms with E-state index in [1.807, 2.05) is 0 Å². The van der Waals surface area contributed by atoms with Gasteiger partial charge < -0.3 is 0 Å². The molecule has 43 heteroatoms. The summed E-state index contributed by atoms with van der Waals surface area (Å²) < 4.78 is 511. The Morgan fingerprint density at radius 2 is 0.413 bits per heavy atom. The molecule has 0 fully saturated rings. The van der Waals surface area contributed by atoms with Crippen LogP contribution in [0.25, 0.3) is 0 Å². The smallest absolute Gasteiger partial charge is 0.217 e. The summed E-state index contributed by atoms with van der Waals surface area (Å²) in [6.07, 6.45) is -16.6. The van der Waals surface area contributed by atoms with E-state index in [9.17, 15) is 166 Å². The Labute approximate surface area is 350 Å². The van der Waals surface area contributed by atoms with Crippen LogP contribution in [0.2, 0.25) is 0 Å². The lowest BCUT2D eigenvalue weighted by Crippen LogP contribution is -2.75. The van der Waals surface area contributed by atoms with Gasteiger partial charge in [0.2, 0.25) is 0 Å².